The van der Waals surface area contributed by atoms with Gasteiger partial charge in [-0.2, -0.15) is 0 Å². The second-order valence-electron chi connectivity index (χ2n) is 7.19. The van der Waals surface area contributed by atoms with Gasteiger partial charge in [0.1, 0.15) is 18.1 Å². The average molecular weight is 354 g/mol. The molecule has 0 bridgehead atoms. The Morgan fingerprint density at radius 3 is 2.62 bits per heavy atom. The van der Waals surface area contributed by atoms with Gasteiger partial charge in [0.25, 0.3) is 5.91 Å². The van der Waals surface area contributed by atoms with Crippen LogP contribution in [0.15, 0.2) is 47.1 Å². The molecule has 0 aliphatic carbocycles. The smallest absolute Gasteiger partial charge is 0.254 e. The molecule has 2 saturated heterocycles. The van der Waals surface area contributed by atoms with Gasteiger partial charge in [0.05, 0.1) is 6.26 Å². The monoisotopic (exact) mass is 354 g/mol. The summed E-state index contributed by atoms with van der Waals surface area (Å²) < 4.78 is 11.0. The molecular formula is C21H26N2O3. The molecule has 2 aliphatic heterocycles. The lowest BCUT2D eigenvalue weighted by atomic mass is 10.1. The largest absolute Gasteiger partial charge is 0.486 e. The first-order chi connectivity index (χ1) is 12.8. The molecule has 0 spiro atoms. The molecule has 1 aromatic heterocycles. The zero-order chi connectivity index (χ0) is 17.8. The minimum absolute atomic E-state index is 0.143. The van der Waals surface area contributed by atoms with Crippen LogP contribution in [0.25, 0.3) is 0 Å². The quantitative estimate of drug-likeness (QED) is 0.796. The highest BCUT2D eigenvalue weighted by Gasteiger charge is 2.31. The highest BCUT2D eigenvalue weighted by molar-refractivity contribution is 5.94. The first-order valence-electron chi connectivity index (χ1n) is 9.58. The van der Waals surface area contributed by atoms with Crippen LogP contribution in [-0.2, 0) is 6.61 Å². The van der Waals surface area contributed by atoms with Gasteiger partial charge in [0.15, 0.2) is 0 Å². The lowest BCUT2D eigenvalue weighted by molar-refractivity contribution is 0.0708. The predicted molar refractivity (Wildman–Crippen MR) is 99.2 cm³/mol. The number of likely N-dealkylation sites (tertiary alicyclic amines) is 2. The van der Waals surface area contributed by atoms with Crippen LogP contribution in [0, 0.1) is 0 Å². The fraction of sp³-hybridized carbons (Fsp3) is 0.476. The van der Waals surface area contributed by atoms with E-state index in [1.807, 2.05) is 36.4 Å². The van der Waals surface area contributed by atoms with Crippen LogP contribution in [0.4, 0.5) is 0 Å². The van der Waals surface area contributed by atoms with Gasteiger partial charge < -0.3 is 19.0 Å². The summed E-state index contributed by atoms with van der Waals surface area (Å²) in [6, 6.07) is 11.5. The Morgan fingerprint density at radius 2 is 1.88 bits per heavy atom. The van der Waals surface area contributed by atoms with E-state index >= 15 is 0 Å². The molecule has 5 nitrogen and oxygen atoms in total. The Labute approximate surface area is 154 Å². The van der Waals surface area contributed by atoms with Crippen LogP contribution in [0.5, 0.6) is 5.75 Å². The molecule has 26 heavy (non-hydrogen) atoms. The van der Waals surface area contributed by atoms with Crippen molar-refractivity contribution < 1.29 is 13.9 Å². The van der Waals surface area contributed by atoms with Crippen LogP contribution in [0.1, 0.15) is 41.8 Å². The summed E-state index contributed by atoms with van der Waals surface area (Å²) in [5.41, 5.74) is 0.740. The fourth-order valence-corrected chi connectivity index (χ4v) is 3.96. The third-order valence-corrected chi connectivity index (χ3v) is 5.37. The molecule has 2 aliphatic rings. The second-order valence-corrected chi connectivity index (χ2v) is 7.19. The molecule has 1 aromatic carbocycles. The molecule has 4 rings (SSSR count). The Kier molecular flexibility index (Phi) is 5.25. The van der Waals surface area contributed by atoms with E-state index in [0.29, 0.717) is 12.6 Å². The van der Waals surface area contributed by atoms with E-state index in [-0.39, 0.29) is 5.91 Å². The van der Waals surface area contributed by atoms with Crippen molar-refractivity contribution >= 4 is 5.91 Å². The number of carbonyl (C=O) groups excluding carboxylic acids is 1. The van der Waals surface area contributed by atoms with Gasteiger partial charge in [0.2, 0.25) is 0 Å². The normalized spacial score (nSPS) is 20.6. The van der Waals surface area contributed by atoms with E-state index in [1.54, 1.807) is 6.26 Å². The van der Waals surface area contributed by atoms with Gasteiger partial charge in [-0.3, -0.25) is 4.79 Å². The highest BCUT2D eigenvalue weighted by atomic mass is 16.5. The number of amides is 1. The first-order valence-corrected chi connectivity index (χ1v) is 9.58. The third kappa shape index (κ3) is 3.93. The molecule has 0 saturated carbocycles. The number of carbonyl (C=O) groups is 1. The molecule has 0 unspecified atom stereocenters. The van der Waals surface area contributed by atoms with E-state index in [9.17, 15) is 4.79 Å². The van der Waals surface area contributed by atoms with Crippen molar-refractivity contribution in [2.24, 2.45) is 0 Å². The van der Waals surface area contributed by atoms with E-state index in [2.05, 4.69) is 9.80 Å². The van der Waals surface area contributed by atoms with Crippen LogP contribution in [-0.4, -0.2) is 47.9 Å². The van der Waals surface area contributed by atoms with Gasteiger partial charge >= 0.3 is 0 Å². The summed E-state index contributed by atoms with van der Waals surface area (Å²) in [5, 5.41) is 0. The highest BCUT2D eigenvalue weighted by Crippen LogP contribution is 2.23. The summed E-state index contributed by atoms with van der Waals surface area (Å²) in [7, 11) is 0. The first kappa shape index (κ1) is 17.2. The van der Waals surface area contributed by atoms with Gasteiger partial charge in [-0.1, -0.05) is 0 Å². The topological polar surface area (TPSA) is 45.9 Å². The number of ether oxygens (including phenoxy) is 1. The van der Waals surface area contributed by atoms with Crippen LogP contribution in [0.2, 0.25) is 0 Å². The van der Waals surface area contributed by atoms with E-state index in [0.717, 1.165) is 43.0 Å². The summed E-state index contributed by atoms with van der Waals surface area (Å²) in [6.07, 6.45) is 6.44. The van der Waals surface area contributed by atoms with Crippen molar-refractivity contribution in [3.63, 3.8) is 0 Å². The third-order valence-electron chi connectivity index (χ3n) is 5.37. The van der Waals surface area contributed by atoms with Crippen molar-refractivity contribution in [1.29, 1.82) is 0 Å². The molecule has 0 N–H and O–H groups in total. The van der Waals surface area contributed by atoms with Gasteiger partial charge in [-0.25, -0.2) is 0 Å². The van der Waals surface area contributed by atoms with Gasteiger partial charge in [-0.15, -0.1) is 0 Å². The molecular weight excluding hydrogens is 328 g/mol. The molecule has 1 amide bonds. The minimum atomic E-state index is 0.143. The Morgan fingerprint density at radius 1 is 1.08 bits per heavy atom. The van der Waals surface area contributed by atoms with Crippen molar-refractivity contribution in [2.45, 2.75) is 38.3 Å². The SMILES string of the molecule is O=C(c1ccc(OCc2ccco2)cc1)N1CCC[C@H]1CN1CCCC1. The molecule has 2 fully saturated rings. The number of hydrogen-bond acceptors (Lipinski definition) is 4. The standard InChI is InChI=1S/C21H26N2O3/c24-21(23-13-3-5-18(23)15-22-11-1-2-12-22)17-7-9-19(10-8-17)26-16-20-6-4-14-25-20/h4,6-10,14,18H,1-3,5,11-13,15-16H2/t18-/m0/s1. The summed E-state index contributed by atoms with van der Waals surface area (Å²) in [5.74, 6) is 1.67. The molecule has 3 heterocycles. The maximum Gasteiger partial charge on any atom is 0.254 e. The van der Waals surface area contributed by atoms with E-state index in [4.69, 9.17) is 9.15 Å². The zero-order valence-electron chi connectivity index (χ0n) is 15.1. The van der Waals surface area contributed by atoms with Crippen LogP contribution >= 0.6 is 0 Å². The van der Waals surface area contributed by atoms with E-state index in [1.165, 1.54) is 25.9 Å². The van der Waals surface area contributed by atoms with Crippen molar-refractivity contribution in [3.05, 3.63) is 54.0 Å². The fourth-order valence-electron chi connectivity index (χ4n) is 3.96. The molecule has 1 atom stereocenters. The van der Waals surface area contributed by atoms with Crippen molar-refractivity contribution in [3.8, 4) is 5.75 Å². The zero-order valence-corrected chi connectivity index (χ0v) is 15.1. The summed E-state index contributed by atoms with van der Waals surface area (Å²) in [6.45, 7) is 4.65. The van der Waals surface area contributed by atoms with Gasteiger partial charge in [-0.05, 0) is 75.2 Å². The molecule has 0 radical (unpaired) electrons. The number of hydrogen-bond donors (Lipinski definition) is 0. The maximum absolute atomic E-state index is 12.9. The van der Waals surface area contributed by atoms with E-state index < -0.39 is 0 Å². The molecule has 138 valence electrons. The molecule has 2 aromatic rings. The Hall–Kier alpha value is -2.27. The van der Waals surface area contributed by atoms with Crippen LogP contribution in [0.3, 0.4) is 0 Å². The number of benzene rings is 1. The van der Waals surface area contributed by atoms with Crippen LogP contribution < -0.4 is 4.74 Å². The van der Waals surface area contributed by atoms with Crippen molar-refractivity contribution in [2.75, 3.05) is 26.2 Å². The average Bonchev–Trinajstić information content (AvgIpc) is 3.43. The number of nitrogens with zero attached hydrogens (tertiary/aromatic N) is 2. The number of furan rings is 1. The predicted octanol–water partition coefficient (Wildman–Crippen LogP) is 3.56. The Balaban J connectivity index is 1.35. The molecule has 5 heteroatoms. The lowest BCUT2D eigenvalue weighted by Gasteiger charge is -2.28. The lowest BCUT2D eigenvalue weighted by Crippen LogP contribution is -2.42. The number of rotatable bonds is 6. The Bertz CT molecular complexity index is 705. The summed E-state index contributed by atoms with van der Waals surface area (Å²) in [4.78, 5) is 17.5. The maximum atomic E-state index is 12.9. The van der Waals surface area contributed by atoms with Crippen molar-refractivity contribution in [1.82, 2.24) is 9.80 Å². The minimum Gasteiger partial charge on any atom is -0.486 e. The van der Waals surface area contributed by atoms with Gasteiger partial charge in [0, 0.05) is 24.7 Å². The second kappa shape index (κ2) is 7.96. The summed E-state index contributed by atoms with van der Waals surface area (Å²) >= 11 is 0.